The lowest BCUT2D eigenvalue weighted by molar-refractivity contribution is 0.0597. The summed E-state index contributed by atoms with van der Waals surface area (Å²) < 4.78 is 9.88. The molecule has 138 valence electrons. The number of aromatic hydroxyl groups is 1. The molecule has 2 aromatic carbocycles. The van der Waals surface area contributed by atoms with Gasteiger partial charge in [-0.1, -0.05) is 26.0 Å². The molecule has 2 aromatic rings. The average molecular weight is 357 g/mol. The number of carbonyl (C=O) groups is 2. The molecule has 0 spiro atoms. The zero-order chi connectivity index (χ0) is 19.3. The van der Waals surface area contributed by atoms with Crippen LogP contribution >= 0.6 is 0 Å². The summed E-state index contributed by atoms with van der Waals surface area (Å²) >= 11 is 0. The van der Waals surface area contributed by atoms with Gasteiger partial charge in [0.05, 0.1) is 19.8 Å². The Morgan fingerprint density at radius 3 is 2.38 bits per heavy atom. The summed E-state index contributed by atoms with van der Waals surface area (Å²) in [6.45, 7) is 4.21. The van der Waals surface area contributed by atoms with Gasteiger partial charge in [0.1, 0.15) is 17.1 Å². The average Bonchev–Trinajstić information content (AvgIpc) is 2.64. The third kappa shape index (κ3) is 4.33. The van der Waals surface area contributed by atoms with Crippen LogP contribution in [0.15, 0.2) is 36.4 Å². The van der Waals surface area contributed by atoms with Gasteiger partial charge >= 0.3 is 5.97 Å². The van der Waals surface area contributed by atoms with Crippen molar-refractivity contribution in [3.05, 3.63) is 58.7 Å². The van der Waals surface area contributed by atoms with Gasteiger partial charge in [0, 0.05) is 6.54 Å². The Hall–Kier alpha value is -3.02. The van der Waals surface area contributed by atoms with Crippen LogP contribution < -0.4 is 10.1 Å². The zero-order valence-electron chi connectivity index (χ0n) is 15.3. The Morgan fingerprint density at radius 2 is 1.81 bits per heavy atom. The minimum Gasteiger partial charge on any atom is -0.507 e. The Labute approximate surface area is 152 Å². The molecule has 6 heteroatoms. The van der Waals surface area contributed by atoms with Crippen molar-refractivity contribution in [3.63, 3.8) is 0 Å². The molecule has 0 aliphatic heterocycles. The number of nitrogens with one attached hydrogen (secondary N) is 1. The Balaban J connectivity index is 2.13. The molecular weight excluding hydrogens is 334 g/mol. The summed E-state index contributed by atoms with van der Waals surface area (Å²) in [5.41, 5.74) is 2.15. The van der Waals surface area contributed by atoms with Gasteiger partial charge < -0.3 is 19.9 Å². The fraction of sp³-hybridized carbons (Fsp3) is 0.300. The highest BCUT2D eigenvalue weighted by Crippen LogP contribution is 2.24. The van der Waals surface area contributed by atoms with Crippen LogP contribution in [-0.2, 0) is 11.3 Å². The molecule has 0 aliphatic rings. The van der Waals surface area contributed by atoms with Crippen molar-refractivity contribution >= 4 is 11.9 Å². The monoisotopic (exact) mass is 357 g/mol. The molecule has 0 unspecified atom stereocenters. The van der Waals surface area contributed by atoms with Crippen molar-refractivity contribution in [3.8, 4) is 11.5 Å². The number of carbonyl (C=O) groups excluding carboxylic acids is 2. The molecular formula is C20H23NO5. The molecule has 26 heavy (non-hydrogen) atoms. The summed E-state index contributed by atoms with van der Waals surface area (Å²) in [4.78, 5) is 24.1. The number of methoxy groups -OCH3 is 2. The van der Waals surface area contributed by atoms with Crippen molar-refractivity contribution in [1.82, 2.24) is 5.32 Å². The highest BCUT2D eigenvalue weighted by atomic mass is 16.5. The first-order chi connectivity index (χ1) is 12.4. The van der Waals surface area contributed by atoms with Crippen molar-refractivity contribution in [1.29, 1.82) is 0 Å². The molecule has 6 nitrogen and oxygen atoms in total. The van der Waals surface area contributed by atoms with Gasteiger partial charge in [-0.2, -0.15) is 0 Å². The largest absolute Gasteiger partial charge is 0.507 e. The van der Waals surface area contributed by atoms with Crippen LogP contribution in [0, 0.1) is 0 Å². The van der Waals surface area contributed by atoms with Gasteiger partial charge in [0.15, 0.2) is 0 Å². The fourth-order valence-electron chi connectivity index (χ4n) is 2.51. The van der Waals surface area contributed by atoms with Crippen molar-refractivity contribution in [2.75, 3.05) is 14.2 Å². The summed E-state index contributed by atoms with van der Waals surface area (Å²) in [5.74, 6) is -0.313. The zero-order valence-corrected chi connectivity index (χ0v) is 15.3. The fourth-order valence-corrected chi connectivity index (χ4v) is 2.51. The Morgan fingerprint density at radius 1 is 1.08 bits per heavy atom. The number of hydrogen-bond acceptors (Lipinski definition) is 5. The van der Waals surface area contributed by atoms with E-state index in [1.807, 2.05) is 19.9 Å². The van der Waals surface area contributed by atoms with Crippen molar-refractivity contribution in [2.24, 2.45) is 0 Å². The van der Waals surface area contributed by atoms with E-state index in [1.54, 1.807) is 30.3 Å². The molecule has 0 saturated carbocycles. The number of phenolic OH excluding ortho intramolecular Hbond substituents is 1. The van der Waals surface area contributed by atoms with E-state index in [0.717, 1.165) is 5.56 Å². The first-order valence-corrected chi connectivity index (χ1v) is 8.23. The van der Waals surface area contributed by atoms with Crippen LogP contribution in [0.2, 0.25) is 0 Å². The molecule has 0 saturated heterocycles. The summed E-state index contributed by atoms with van der Waals surface area (Å²) in [5, 5.41) is 12.8. The number of phenols is 1. The molecule has 0 aliphatic carbocycles. The second kappa shape index (κ2) is 8.38. The molecule has 0 radical (unpaired) electrons. The smallest absolute Gasteiger partial charge is 0.341 e. The normalized spacial score (nSPS) is 10.5. The lowest BCUT2D eigenvalue weighted by Crippen LogP contribution is -2.23. The molecule has 0 atom stereocenters. The van der Waals surface area contributed by atoms with Crippen LogP contribution in [0.3, 0.4) is 0 Å². The molecule has 2 N–H and O–H groups in total. The molecule has 2 rings (SSSR count). The first kappa shape index (κ1) is 19.3. The summed E-state index contributed by atoms with van der Waals surface area (Å²) in [7, 11) is 2.76. The highest BCUT2D eigenvalue weighted by Gasteiger charge is 2.15. The number of esters is 1. The lowest BCUT2D eigenvalue weighted by Gasteiger charge is -2.12. The number of rotatable bonds is 6. The van der Waals surface area contributed by atoms with Gasteiger partial charge in [0.25, 0.3) is 5.91 Å². The number of amides is 1. The Kier molecular flexibility index (Phi) is 6.22. The van der Waals surface area contributed by atoms with E-state index in [4.69, 9.17) is 9.47 Å². The second-order valence-corrected chi connectivity index (χ2v) is 6.14. The third-order valence-corrected chi connectivity index (χ3v) is 4.06. The van der Waals surface area contributed by atoms with Crippen LogP contribution in [0.25, 0.3) is 0 Å². The maximum absolute atomic E-state index is 12.3. The van der Waals surface area contributed by atoms with Crippen LogP contribution in [0.4, 0.5) is 0 Å². The maximum atomic E-state index is 12.3. The summed E-state index contributed by atoms with van der Waals surface area (Å²) in [6, 6.07) is 10.0. The molecule has 0 heterocycles. The van der Waals surface area contributed by atoms with Crippen molar-refractivity contribution < 1.29 is 24.2 Å². The van der Waals surface area contributed by atoms with Gasteiger partial charge in [-0.05, 0) is 41.3 Å². The third-order valence-electron chi connectivity index (χ3n) is 4.06. The predicted octanol–water partition coefficient (Wildman–Crippen LogP) is 3.24. The van der Waals surface area contributed by atoms with Crippen LogP contribution in [-0.4, -0.2) is 31.2 Å². The van der Waals surface area contributed by atoms with Crippen molar-refractivity contribution in [2.45, 2.75) is 26.3 Å². The SMILES string of the molecule is COC(=O)c1cc(CNC(=O)c2ccc(C(C)C)cc2O)ccc1OC. The maximum Gasteiger partial charge on any atom is 0.341 e. The molecule has 0 bridgehead atoms. The minimum absolute atomic E-state index is 0.0568. The molecule has 0 aromatic heterocycles. The van der Waals surface area contributed by atoms with E-state index >= 15 is 0 Å². The number of hydrogen-bond donors (Lipinski definition) is 2. The van der Waals surface area contributed by atoms with Gasteiger partial charge in [-0.15, -0.1) is 0 Å². The van der Waals surface area contributed by atoms with Gasteiger partial charge in [0.2, 0.25) is 0 Å². The minimum atomic E-state index is -0.517. The predicted molar refractivity (Wildman–Crippen MR) is 97.7 cm³/mol. The van der Waals surface area contributed by atoms with E-state index in [2.05, 4.69) is 5.32 Å². The van der Waals surface area contributed by atoms with E-state index < -0.39 is 11.9 Å². The van der Waals surface area contributed by atoms with E-state index in [1.165, 1.54) is 14.2 Å². The number of benzene rings is 2. The quantitative estimate of drug-likeness (QED) is 0.775. The van der Waals surface area contributed by atoms with E-state index in [-0.39, 0.29) is 29.3 Å². The topological polar surface area (TPSA) is 84.9 Å². The van der Waals surface area contributed by atoms with Gasteiger partial charge in [-0.25, -0.2) is 4.79 Å². The summed E-state index contributed by atoms with van der Waals surface area (Å²) in [6.07, 6.45) is 0. The van der Waals surface area contributed by atoms with E-state index in [9.17, 15) is 14.7 Å². The molecule has 0 fully saturated rings. The van der Waals surface area contributed by atoms with E-state index in [0.29, 0.717) is 11.3 Å². The number of ether oxygens (including phenoxy) is 2. The highest BCUT2D eigenvalue weighted by molar-refractivity contribution is 5.97. The van der Waals surface area contributed by atoms with Gasteiger partial charge in [-0.3, -0.25) is 4.79 Å². The van der Waals surface area contributed by atoms with Crippen LogP contribution in [0.1, 0.15) is 51.6 Å². The Bertz CT molecular complexity index is 814. The second-order valence-electron chi connectivity index (χ2n) is 6.14. The van der Waals surface area contributed by atoms with Crippen LogP contribution in [0.5, 0.6) is 11.5 Å². The molecule has 1 amide bonds. The lowest BCUT2D eigenvalue weighted by atomic mass is 10.0. The first-order valence-electron chi connectivity index (χ1n) is 8.23. The standard InChI is InChI=1S/C20H23NO5/c1-12(2)14-6-7-15(17(22)10-14)19(23)21-11-13-5-8-18(25-3)16(9-13)20(24)26-4/h5-10,12,22H,11H2,1-4H3,(H,21,23).